The van der Waals surface area contributed by atoms with Crippen molar-refractivity contribution >= 4 is 29.0 Å². The van der Waals surface area contributed by atoms with Crippen LogP contribution in [0.3, 0.4) is 0 Å². The van der Waals surface area contributed by atoms with Crippen LogP contribution in [0.25, 0.3) is 10.8 Å². The number of nitrogens with one attached hydrogen (secondary N) is 1. The highest BCUT2D eigenvalue weighted by Crippen LogP contribution is 2.27. The van der Waals surface area contributed by atoms with Gasteiger partial charge in [-0.25, -0.2) is 0 Å². The van der Waals surface area contributed by atoms with E-state index in [4.69, 9.17) is 4.42 Å². The number of hydrogen-bond acceptors (Lipinski definition) is 6. The maximum absolute atomic E-state index is 12.3. The van der Waals surface area contributed by atoms with E-state index in [1.807, 2.05) is 24.4 Å². The van der Waals surface area contributed by atoms with Crippen LogP contribution in [0.5, 0.6) is 0 Å². The fourth-order valence-electron chi connectivity index (χ4n) is 3.28. The standard InChI is InChI=1S/C20H21N3O2S2/c1-13(15-9-8-14-5-2-3-6-16(14)11-15)21-18(24)12-27-20-23-22-19(25-20)17-7-4-10-26-17/h4,7-11,13H,2-3,5-6,12H2,1H3,(H,21,24)/t13-/m1/s1. The van der Waals surface area contributed by atoms with Crippen molar-refractivity contribution in [2.75, 3.05) is 5.75 Å². The lowest BCUT2D eigenvalue weighted by Crippen LogP contribution is -2.28. The van der Waals surface area contributed by atoms with Gasteiger partial charge in [0.1, 0.15) is 0 Å². The van der Waals surface area contributed by atoms with Crippen molar-refractivity contribution < 1.29 is 9.21 Å². The number of benzene rings is 1. The lowest BCUT2D eigenvalue weighted by Gasteiger charge is -2.20. The zero-order chi connectivity index (χ0) is 18.6. The van der Waals surface area contributed by atoms with Crippen molar-refractivity contribution in [3.8, 4) is 10.8 Å². The molecule has 7 heteroatoms. The number of hydrogen-bond donors (Lipinski definition) is 1. The number of carbonyl (C=O) groups excluding carboxylic acids is 1. The summed E-state index contributed by atoms with van der Waals surface area (Å²) in [7, 11) is 0. The molecule has 2 heterocycles. The van der Waals surface area contributed by atoms with Gasteiger partial charge < -0.3 is 9.73 Å². The lowest BCUT2D eigenvalue weighted by molar-refractivity contribution is -0.119. The van der Waals surface area contributed by atoms with E-state index in [2.05, 4.69) is 33.7 Å². The minimum atomic E-state index is -0.0407. The van der Waals surface area contributed by atoms with E-state index in [0.29, 0.717) is 11.1 Å². The molecule has 1 aromatic carbocycles. The normalized spacial score (nSPS) is 14.6. The summed E-state index contributed by atoms with van der Waals surface area (Å²) in [5, 5.41) is 13.5. The summed E-state index contributed by atoms with van der Waals surface area (Å²) in [5.74, 6) is 0.706. The van der Waals surface area contributed by atoms with Crippen molar-refractivity contribution in [1.29, 1.82) is 0 Å². The monoisotopic (exact) mass is 399 g/mol. The Labute approximate surface area is 166 Å². The molecule has 5 nitrogen and oxygen atoms in total. The van der Waals surface area contributed by atoms with E-state index in [1.165, 1.54) is 42.2 Å². The predicted molar refractivity (Wildman–Crippen MR) is 108 cm³/mol. The van der Waals surface area contributed by atoms with E-state index in [0.717, 1.165) is 16.9 Å². The molecule has 0 radical (unpaired) electrons. The van der Waals surface area contributed by atoms with Gasteiger partial charge in [0.25, 0.3) is 11.1 Å². The van der Waals surface area contributed by atoms with Gasteiger partial charge in [-0.15, -0.1) is 21.5 Å². The van der Waals surface area contributed by atoms with E-state index >= 15 is 0 Å². The van der Waals surface area contributed by atoms with Gasteiger partial charge in [-0.05, 0) is 60.7 Å². The Bertz CT molecular complexity index is 921. The van der Waals surface area contributed by atoms with Crippen LogP contribution in [0.1, 0.15) is 42.5 Å². The number of nitrogens with zero attached hydrogens (tertiary/aromatic N) is 2. The van der Waals surface area contributed by atoms with Gasteiger partial charge in [-0.2, -0.15) is 0 Å². The van der Waals surface area contributed by atoms with Crippen LogP contribution in [0.2, 0.25) is 0 Å². The number of aryl methyl sites for hydroxylation is 2. The summed E-state index contributed by atoms with van der Waals surface area (Å²) in [6, 6.07) is 10.4. The number of aromatic nitrogens is 2. The molecule has 0 saturated heterocycles. The Hall–Kier alpha value is -2.12. The molecule has 140 valence electrons. The largest absolute Gasteiger partial charge is 0.410 e. The van der Waals surface area contributed by atoms with E-state index in [9.17, 15) is 4.79 Å². The topological polar surface area (TPSA) is 68.0 Å². The summed E-state index contributed by atoms with van der Waals surface area (Å²) in [4.78, 5) is 13.2. The van der Waals surface area contributed by atoms with E-state index in [-0.39, 0.29) is 17.7 Å². The molecule has 0 saturated carbocycles. The average Bonchev–Trinajstić information content (AvgIpc) is 3.37. The number of amides is 1. The fraction of sp³-hybridized carbons (Fsp3) is 0.350. The third-order valence-corrected chi connectivity index (χ3v) is 6.39. The smallest absolute Gasteiger partial charge is 0.277 e. The van der Waals surface area contributed by atoms with Crippen molar-refractivity contribution in [3.63, 3.8) is 0 Å². The van der Waals surface area contributed by atoms with Gasteiger partial charge in [-0.3, -0.25) is 4.79 Å². The Morgan fingerprint density at radius 2 is 2.11 bits per heavy atom. The second-order valence-corrected chi connectivity index (χ2v) is 8.54. The van der Waals surface area contributed by atoms with Gasteiger partial charge in [0.05, 0.1) is 16.7 Å². The van der Waals surface area contributed by atoms with Gasteiger partial charge in [-0.1, -0.05) is 36.0 Å². The Morgan fingerprint density at radius 1 is 1.26 bits per heavy atom. The number of carbonyl (C=O) groups is 1. The highest BCUT2D eigenvalue weighted by molar-refractivity contribution is 7.99. The maximum Gasteiger partial charge on any atom is 0.277 e. The molecular weight excluding hydrogens is 378 g/mol. The first-order valence-electron chi connectivity index (χ1n) is 9.10. The van der Waals surface area contributed by atoms with Crippen molar-refractivity contribution in [2.45, 2.75) is 43.9 Å². The summed E-state index contributed by atoms with van der Waals surface area (Å²) < 4.78 is 5.60. The summed E-state index contributed by atoms with van der Waals surface area (Å²) in [6.45, 7) is 2.02. The Balaban J connectivity index is 1.31. The molecule has 1 aliphatic carbocycles. The molecule has 0 aliphatic heterocycles. The Morgan fingerprint density at radius 3 is 2.93 bits per heavy atom. The third-order valence-electron chi connectivity index (χ3n) is 4.72. The van der Waals surface area contributed by atoms with Crippen molar-refractivity contribution in [3.05, 3.63) is 52.4 Å². The summed E-state index contributed by atoms with van der Waals surface area (Å²) >= 11 is 2.80. The van der Waals surface area contributed by atoms with Crippen LogP contribution in [0, 0.1) is 0 Å². The average molecular weight is 400 g/mol. The van der Waals surface area contributed by atoms with Gasteiger partial charge in [0, 0.05) is 0 Å². The second kappa shape index (κ2) is 8.27. The predicted octanol–water partition coefficient (Wildman–Crippen LogP) is 4.65. The minimum Gasteiger partial charge on any atom is -0.410 e. The molecule has 0 bridgehead atoms. The Kier molecular flexibility index (Phi) is 5.59. The number of fused-ring (bicyclic) bond motifs is 1. The summed E-state index contributed by atoms with van der Waals surface area (Å²) in [6.07, 6.45) is 4.85. The van der Waals surface area contributed by atoms with Crippen LogP contribution in [-0.4, -0.2) is 21.9 Å². The van der Waals surface area contributed by atoms with Crippen LogP contribution < -0.4 is 5.32 Å². The zero-order valence-electron chi connectivity index (χ0n) is 15.1. The molecule has 1 aliphatic rings. The molecule has 3 aromatic rings. The van der Waals surface area contributed by atoms with Crippen LogP contribution >= 0.6 is 23.1 Å². The number of thiophene rings is 1. The first-order chi connectivity index (χ1) is 13.2. The van der Waals surface area contributed by atoms with E-state index < -0.39 is 0 Å². The maximum atomic E-state index is 12.3. The molecule has 4 rings (SSSR count). The fourth-order valence-corrected chi connectivity index (χ4v) is 4.50. The molecule has 1 atom stereocenters. The summed E-state index contributed by atoms with van der Waals surface area (Å²) in [5.41, 5.74) is 4.05. The minimum absolute atomic E-state index is 0.0188. The zero-order valence-corrected chi connectivity index (χ0v) is 16.7. The first-order valence-corrected chi connectivity index (χ1v) is 11.0. The molecule has 1 N–H and O–H groups in total. The number of rotatable bonds is 6. The van der Waals surface area contributed by atoms with Crippen molar-refractivity contribution in [1.82, 2.24) is 15.5 Å². The molecule has 0 unspecified atom stereocenters. The number of thioether (sulfide) groups is 1. The molecule has 27 heavy (non-hydrogen) atoms. The highest BCUT2D eigenvalue weighted by atomic mass is 32.2. The third kappa shape index (κ3) is 4.42. The van der Waals surface area contributed by atoms with Crippen LogP contribution in [-0.2, 0) is 17.6 Å². The molecule has 1 amide bonds. The van der Waals surface area contributed by atoms with Gasteiger partial charge in [0.15, 0.2) is 0 Å². The van der Waals surface area contributed by atoms with E-state index in [1.54, 1.807) is 11.3 Å². The first kappa shape index (κ1) is 18.3. The molecule has 0 spiro atoms. The highest BCUT2D eigenvalue weighted by Gasteiger charge is 2.16. The lowest BCUT2D eigenvalue weighted by atomic mass is 9.89. The second-order valence-electron chi connectivity index (χ2n) is 6.66. The van der Waals surface area contributed by atoms with Crippen molar-refractivity contribution in [2.24, 2.45) is 0 Å². The quantitative estimate of drug-likeness (QED) is 0.611. The van der Waals surface area contributed by atoms with Gasteiger partial charge >= 0.3 is 0 Å². The van der Waals surface area contributed by atoms with Gasteiger partial charge in [0.2, 0.25) is 5.91 Å². The molecule has 0 fully saturated rings. The van der Waals surface area contributed by atoms with Crippen LogP contribution in [0.4, 0.5) is 0 Å². The molecular formula is C20H21N3O2S2. The molecule has 2 aromatic heterocycles. The SMILES string of the molecule is C[C@@H](NC(=O)CSc1nnc(-c2cccs2)o1)c1ccc2c(c1)CCCC2. The van der Waals surface area contributed by atoms with Crippen LogP contribution in [0.15, 0.2) is 45.4 Å².